The molecule has 4 nitrogen and oxygen atoms in total. The molecule has 0 aliphatic carbocycles. The van der Waals surface area contributed by atoms with E-state index in [2.05, 4.69) is 11.1 Å². The standard InChI is InChI=1S/C10H13N3O/c11-10(14)7-13-5-3-9-8(6-13)2-1-4-12-9/h1-2,4H,3,5-7H2,(H2,11,14). The summed E-state index contributed by atoms with van der Waals surface area (Å²) >= 11 is 0. The van der Waals surface area contributed by atoms with Gasteiger partial charge in [0.15, 0.2) is 0 Å². The summed E-state index contributed by atoms with van der Waals surface area (Å²) in [6.07, 6.45) is 2.71. The second-order valence-corrected chi connectivity index (χ2v) is 3.54. The first kappa shape index (κ1) is 9.15. The summed E-state index contributed by atoms with van der Waals surface area (Å²) in [5.74, 6) is -0.266. The molecule has 14 heavy (non-hydrogen) atoms. The maximum Gasteiger partial charge on any atom is 0.231 e. The summed E-state index contributed by atoms with van der Waals surface area (Å²) in [6.45, 7) is 1.99. The lowest BCUT2D eigenvalue weighted by Crippen LogP contribution is -2.37. The van der Waals surface area contributed by atoms with E-state index in [1.807, 2.05) is 17.2 Å². The normalized spacial score (nSPS) is 16.3. The summed E-state index contributed by atoms with van der Waals surface area (Å²) in [6, 6.07) is 3.97. The quantitative estimate of drug-likeness (QED) is 0.711. The highest BCUT2D eigenvalue weighted by Gasteiger charge is 2.17. The number of aromatic nitrogens is 1. The van der Waals surface area contributed by atoms with Gasteiger partial charge in [0.25, 0.3) is 0 Å². The highest BCUT2D eigenvalue weighted by Crippen LogP contribution is 2.15. The van der Waals surface area contributed by atoms with Gasteiger partial charge in [-0.1, -0.05) is 6.07 Å². The molecule has 2 rings (SSSR count). The monoisotopic (exact) mass is 191 g/mol. The molecule has 0 aromatic carbocycles. The van der Waals surface area contributed by atoms with E-state index in [-0.39, 0.29) is 5.91 Å². The minimum absolute atomic E-state index is 0.266. The number of fused-ring (bicyclic) bond motifs is 1. The van der Waals surface area contributed by atoms with Crippen molar-refractivity contribution in [3.63, 3.8) is 0 Å². The Kier molecular flexibility index (Phi) is 2.45. The Labute approximate surface area is 82.7 Å². The van der Waals surface area contributed by atoms with Gasteiger partial charge in [-0.15, -0.1) is 0 Å². The van der Waals surface area contributed by atoms with Crippen LogP contribution in [0.2, 0.25) is 0 Å². The number of hydrogen-bond donors (Lipinski definition) is 1. The van der Waals surface area contributed by atoms with E-state index in [1.165, 1.54) is 5.56 Å². The van der Waals surface area contributed by atoms with E-state index in [0.717, 1.165) is 25.2 Å². The molecule has 1 amide bonds. The van der Waals surface area contributed by atoms with Gasteiger partial charge in [-0.3, -0.25) is 14.7 Å². The number of hydrogen-bond acceptors (Lipinski definition) is 3. The zero-order valence-electron chi connectivity index (χ0n) is 7.94. The number of nitrogens with two attached hydrogens (primary N) is 1. The van der Waals surface area contributed by atoms with Gasteiger partial charge in [0.1, 0.15) is 0 Å². The molecule has 4 heteroatoms. The molecule has 0 radical (unpaired) electrons. The Balaban J connectivity index is 2.09. The van der Waals surface area contributed by atoms with Gasteiger partial charge in [0.2, 0.25) is 5.91 Å². The lowest BCUT2D eigenvalue weighted by atomic mass is 10.1. The van der Waals surface area contributed by atoms with E-state index in [1.54, 1.807) is 0 Å². The van der Waals surface area contributed by atoms with Crippen molar-refractivity contribution in [1.82, 2.24) is 9.88 Å². The predicted molar refractivity (Wildman–Crippen MR) is 52.4 cm³/mol. The van der Waals surface area contributed by atoms with Gasteiger partial charge in [-0.2, -0.15) is 0 Å². The van der Waals surface area contributed by atoms with E-state index >= 15 is 0 Å². The highest BCUT2D eigenvalue weighted by atomic mass is 16.1. The largest absolute Gasteiger partial charge is 0.369 e. The van der Waals surface area contributed by atoms with Crippen LogP contribution < -0.4 is 5.73 Å². The van der Waals surface area contributed by atoms with Crippen molar-refractivity contribution < 1.29 is 4.79 Å². The number of nitrogens with zero attached hydrogens (tertiary/aromatic N) is 2. The van der Waals surface area contributed by atoms with E-state index < -0.39 is 0 Å². The van der Waals surface area contributed by atoms with Gasteiger partial charge >= 0.3 is 0 Å². The molecular weight excluding hydrogens is 178 g/mol. The Hall–Kier alpha value is -1.42. The molecule has 2 heterocycles. The maximum absolute atomic E-state index is 10.7. The Bertz CT molecular complexity index is 351. The number of carbonyl (C=O) groups excluding carboxylic acids is 1. The number of amides is 1. The third-order valence-electron chi connectivity index (χ3n) is 2.42. The van der Waals surface area contributed by atoms with Crippen LogP contribution in [0, 0.1) is 0 Å². The average Bonchev–Trinajstić information content (AvgIpc) is 2.17. The zero-order valence-corrected chi connectivity index (χ0v) is 7.94. The first-order chi connectivity index (χ1) is 6.75. The Morgan fingerprint density at radius 2 is 2.50 bits per heavy atom. The molecule has 0 fully saturated rings. The minimum Gasteiger partial charge on any atom is -0.369 e. The number of carbonyl (C=O) groups is 1. The van der Waals surface area contributed by atoms with Crippen LogP contribution in [0.25, 0.3) is 0 Å². The van der Waals surface area contributed by atoms with Crippen molar-refractivity contribution in [2.75, 3.05) is 13.1 Å². The molecule has 74 valence electrons. The van der Waals surface area contributed by atoms with E-state index in [0.29, 0.717) is 6.54 Å². The first-order valence-corrected chi connectivity index (χ1v) is 4.69. The van der Waals surface area contributed by atoms with Crippen molar-refractivity contribution in [3.8, 4) is 0 Å². The molecule has 0 saturated carbocycles. The lowest BCUT2D eigenvalue weighted by Gasteiger charge is -2.26. The zero-order chi connectivity index (χ0) is 9.97. The fourth-order valence-corrected chi connectivity index (χ4v) is 1.78. The number of primary amides is 1. The lowest BCUT2D eigenvalue weighted by molar-refractivity contribution is -0.119. The maximum atomic E-state index is 10.7. The Morgan fingerprint density at radius 1 is 1.64 bits per heavy atom. The van der Waals surface area contributed by atoms with Gasteiger partial charge in [0, 0.05) is 31.4 Å². The average molecular weight is 191 g/mol. The van der Waals surface area contributed by atoms with Crippen LogP contribution in [0.5, 0.6) is 0 Å². The molecule has 0 spiro atoms. The Morgan fingerprint density at radius 3 is 3.29 bits per heavy atom. The topological polar surface area (TPSA) is 59.2 Å². The first-order valence-electron chi connectivity index (χ1n) is 4.69. The van der Waals surface area contributed by atoms with Crippen molar-refractivity contribution in [2.24, 2.45) is 5.73 Å². The van der Waals surface area contributed by atoms with Crippen molar-refractivity contribution in [3.05, 3.63) is 29.6 Å². The summed E-state index contributed by atoms with van der Waals surface area (Å²) in [5, 5.41) is 0. The molecule has 0 unspecified atom stereocenters. The van der Waals surface area contributed by atoms with Gasteiger partial charge in [0.05, 0.1) is 6.54 Å². The van der Waals surface area contributed by atoms with Crippen LogP contribution in [0.1, 0.15) is 11.3 Å². The predicted octanol–water partition coefficient (Wildman–Crippen LogP) is -0.0750. The summed E-state index contributed by atoms with van der Waals surface area (Å²) in [4.78, 5) is 17.1. The van der Waals surface area contributed by atoms with Crippen LogP contribution in [-0.4, -0.2) is 28.9 Å². The van der Waals surface area contributed by atoms with E-state index in [4.69, 9.17) is 5.73 Å². The van der Waals surface area contributed by atoms with Gasteiger partial charge in [-0.05, 0) is 11.6 Å². The highest BCUT2D eigenvalue weighted by molar-refractivity contribution is 5.75. The molecule has 1 aromatic heterocycles. The SMILES string of the molecule is NC(=O)CN1CCc2ncccc2C1. The number of pyridine rings is 1. The minimum atomic E-state index is -0.266. The van der Waals surface area contributed by atoms with Crippen molar-refractivity contribution in [2.45, 2.75) is 13.0 Å². The second-order valence-electron chi connectivity index (χ2n) is 3.54. The fraction of sp³-hybridized carbons (Fsp3) is 0.400. The fourth-order valence-electron chi connectivity index (χ4n) is 1.78. The van der Waals surface area contributed by atoms with Crippen LogP contribution in [-0.2, 0) is 17.8 Å². The van der Waals surface area contributed by atoms with Crippen LogP contribution in [0.15, 0.2) is 18.3 Å². The summed E-state index contributed by atoms with van der Waals surface area (Å²) < 4.78 is 0. The molecule has 0 atom stereocenters. The van der Waals surface area contributed by atoms with Crippen LogP contribution in [0.3, 0.4) is 0 Å². The molecule has 1 aliphatic heterocycles. The van der Waals surface area contributed by atoms with Crippen LogP contribution >= 0.6 is 0 Å². The van der Waals surface area contributed by atoms with Gasteiger partial charge in [-0.25, -0.2) is 0 Å². The molecule has 0 bridgehead atoms. The van der Waals surface area contributed by atoms with Gasteiger partial charge < -0.3 is 5.73 Å². The second kappa shape index (κ2) is 3.75. The third kappa shape index (κ3) is 1.90. The summed E-state index contributed by atoms with van der Waals surface area (Å²) in [5.41, 5.74) is 7.50. The van der Waals surface area contributed by atoms with E-state index in [9.17, 15) is 4.79 Å². The molecular formula is C10H13N3O. The van der Waals surface area contributed by atoms with Crippen molar-refractivity contribution >= 4 is 5.91 Å². The molecule has 2 N–H and O–H groups in total. The number of rotatable bonds is 2. The molecule has 1 aliphatic rings. The smallest absolute Gasteiger partial charge is 0.231 e. The molecule has 0 saturated heterocycles. The summed E-state index contributed by atoms with van der Waals surface area (Å²) in [7, 11) is 0. The molecule has 1 aromatic rings. The van der Waals surface area contributed by atoms with Crippen molar-refractivity contribution in [1.29, 1.82) is 0 Å². The third-order valence-corrected chi connectivity index (χ3v) is 2.42. The van der Waals surface area contributed by atoms with Crippen LogP contribution in [0.4, 0.5) is 0 Å².